The van der Waals surface area contributed by atoms with Crippen molar-refractivity contribution in [3.05, 3.63) is 17.5 Å². The van der Waals surface area contributed by atoms with E-state index in [0.717, 1.165) is 32.6 Å². The lowest BCUT2D eigenvalue weighted by molar-refractivity contribution is 0.0529. The number of rotatable bonds is 2. The van der Waals surface area contributed by atoms with Gasteiger partial charge in [0.1, 0.15) is 5.69 Å². The Kier molecular flexibility index (Phi) is 4.37. The molecule has 3 heterocycles. The maximum atomic E-state index is 12.9. The van der Waals surface area contributed by atoms with Gasteiger partial charge in [-0.1, -0.05) is 19.3 Å². The van der Waals surface area contributed by atoms with E-state index in [1.165, 1.54) is 50.6 Å². The van der Waals surface area contributed by atoms with Gasteiger partial charge in [-0.3, -0.25) is 9.89 Å². The minimum atomic E-state index is 0.127. The summed E-state index contributed by atoms with van der Waals surface area (Å²) >= 11 is 0. The summed E-state index contributed by atoms with van der Waals surface area (Å²) in [5.41, 5.74) is 2.12. The quantitative estimate of drug-likeness (QED) is 0.907. The number of aromatic amines is 1. The molecule has 24 heavy (non-hydrogen) atoms. The van der Waals surface area contributed by atoms with Crippen LogP contribution >= 0.6 is 0 Å². The molecule has 1 saturated carbocycles. The molecule has 1 unspecified atom stereocenters. The lowest BCUT2D eigenvalue weighted by Gasteiger charge is -2.40. The van der Waals surface area contributed by atoms with Crippen LogP contribution in [0.4, 0.5) is 0 Å². The van der Waals surface area contributed by atoms with Gasteiger partial charge >= 0.3 is 0 Å². The van der Waals surface area contributed by atoms with Crippen molar-refractivity contribution in [1.29, 1.82) is 0 Å². The minimum absolute atomic E-state index is 0.127. The van der Waals surface area contributed by atoms with E-state index >= 15 is 0 Å². The van der Waals surface area contributed by atoms with E-state index in [1.807, 2.05) is 6.07 Å². The van der Waals surface area contributed by atoms with Crippen LogP contribution in [-0.2, 0) is 0 Å². The molecular weight excluding hydrogens is 300 g/mol. The predicted octanol–water partition coefficient (Wildman–Crippen LogP) is 3.02. The largest absolute Gasteiger partial charge is 0.337 e. The van der Waals surface area contributed by atoms with Gasteiger partial charge in [0.2, 0.25) is 0 Å². The lowest BCUT2D eigenvalue weighted by Crippen LogP contribution is -2.47. The number of hydrogen-bond acceptors (Lipinski definition) is 3. The normalized spacial score (nSPS) is 29.5. The zero-order valence-electron chi connectivity index (χ0n) is 14.9. The van der Waals surface area contributed by atoms with Crippen molar-refractivity contribution in [3.63, 3.8) is 0 Å². The molecule has 1 aromatic rings. The summed E-state index contributed by atoms with van der Waals surface area (Å²) < 4.78 is 0. The number of amides is 1. The molecule has 0 aromatic carbocycles. The number of nitrogens with zero attached hydrogens (tertiary/aromatic N) is 3. The van der Waals surface area contributed by atoms with E-state index in [9.17, 15) is 4.79 Å². The summed E-state index contributed by atoms with van der Waals surface area (Å²) in [6.45, 7) is 4.08. The highest BCUT2D eigenvalue weighted by Crippen LogP contribution is 2.39. The van der Waals surface area contributed by atoms with Crippen LogP contribution in [0.3, 0.4) is 0 Å². The Hall–Kier alpha value is -1.36. The van der Waals surface area contributed by atoms with Crippen molar-refractivity contribution >= 4 is 5.91 Å². The molecule has 4 rings (SSSR count). The number of hydrogen-bond donors (Lipinski definition) is 1. The van der Waals surface area contributed by atoms with E-state index in [4.69, 9.17) is 0 Å². The average molecular weight is 330 g/mol. The second kappa shape index (κ2) is 6.51. The van der Waals surface area contributed by atoms with Gasteiger partial charge in [0.15, 0.2) is 0 Å². The molecule has 1 spiro atoms. The van der Waals surface area contributed by atoms with Gasteiger partial charge in [-0.05, 0) is 51.8 Å². The van der Waals surface area contributed by atoms with E-state index in [0.29, 0.717) is 17.0 Å². The molecule has 1 aromatic heterocycles. The molecule has 2 saturated heterocycles. The highest BCUT2D eigenvalue weighted by molar-refractivity contribution is 5.92. The van der Waals surface area contributed by atoms with Crippen molar-refractivity contribution in [3.8, 4) is 0 Å². The topological polar surface area (TPSA) is 52.2 Å². The molecule has 1 amide bonds. The molecule has 1 atom stereocenters. The third kappa shape index (κ3) is 3.10. The summed E-state index contributed by atoms with van der Waals surface area (Å²) in [6, 6.07) is 2.03. The molecule has 1 N–H and O–H groups in total. The van der Waals surface area contributed by atoms with E-state index in [2.05, 4.69) is 27.0 Å². The second-order valence-electron chi connectivity index (χ2n) is 8.36. The van der Waals surface area contributed by atoms with Crippen molar-refractivity contribution in [2.75, 3.05) is 33.2 Å². The summed E-state index contributed by atoms with van der Waals surface area (Å²) in [4.78, 5) is 17.4. The van der Waals surface area contributed by atoms with E-state index in [-0.39, 0.29) is 5.91 Å². The number of likely N-dealkylation sites (tertiary alicyclic amines) is 2. The monoisotopic (exact) mass is 330 g/mol. The van der Waals surface area contributed by atoms with Gasteiger partial charge < -0.3 is 9.80 Å². The number of carbonyl (C=O) groups excluding carboxylic acids is 1. The highest BCUT2D eigenvalue weighted by atomic mass is 16.2. The van der Waals surface area contributed by atoms with Crippen LogP contribution in [0.25, 0.3) is 0 Å². The average Bonchev–Trinajstić information content (AvgIpc) is 3.23. The van der Waals surface area contributed by atoms with E-state index < -0.39 is 0 Å². The molecule has 3 aliphatic rings. The van der Waals surface area contributed by atoms with Crippen LogP contribution in [-0.4, -0.2) is 59.1 Å². The summed E-state index contributed by atoms with van der Waals surface area (Å²) in [7, 11) is 2.19. The molecule has 0 bridgehead atoms. The third-order valence-electron chi connectivity index (χ3n) is 6.44. The SMILES string of the molecule is CN1CCC2(CCCN(C(=O)c3cc(C4CCCCC4)[nH]n3)C2)C1. The Balaban J connectivity index is 1.44. The van der Waals surface area contributed by atoms with Gasteiger partial charge in [0, 0.05) is 36.7 Å². The van der Waals surface area contributed by atoms with Gasteiger partial charge in [-0.2, -0.15) is 5.10 Å². The number of piperidine rings is 1. The zero-order chi connectivity index (χ0) is 16.6. The first kappa shape index (κ1) is 16.1. The molecule has 132 valence electrons. The van der Waals surface area contributed by atoms with Crippen LogP contribution in [0.5, 0.6) is 0 Å². The van der Waals surface area contributed by atoms with Gasteiger partial charge in [-0.25, -0.2) is 0 Å². The second-order valence-corrected chi connectivity index (χ2v) is 8.36. The Labute approximate surface area is 144 Å². The highest BCUT2D eigenvalue weighted by Gasteiger charge is 2.41. The first-order valence-electron chi connectivity index (χ1n) is 9.68. The number of aromatic nitrogens is 2. The van der Waals surface area contributed by atoms with Gasteiger partial charge in [0.25, 0.3) is 5.91 Å². The van der Waals surface area contributed by atoms with Crippen LogP contribution in [0.15, 0.2) is 6.07 Å². The summed E-state index contributed by atoms with van der Waals surface area (Å²) in [5.74, 6) is 0.700. The maximum Gasteiger partial charge on any atom is 0.274 e. The number of nitrogens with one attached hydrogen (secondary N) is 1. The minimum Gasteiger partial charge on any atom is -0.337 e. The number of H-pyrrole nitrogens is 1. The standard InChI is InChI=1S/C19H30N4O/c1-22-11-9-19(13-22)8-5-10-23(14-19)18(24)17-12-16(20-21-17)15-6-3-2-4-7-15/h12,15H,2-11,13-14H2,1H3,(H,20,21). The molecule has 2 aliphatic heterocycles. The van der Waals surface area contributed by atoms with Crippen molar-refractivity contribution in [2.24, 2.45) is 5.41 Å². The summed E-state index contributed by atoms with van der Waals surface area (Å²) in [5, 5.41) is 7.53. The lowest BCUT2D eigenvalue weighted by atomic mass is 9.79. The predicted molar refractivity (Wildman–Crippen MR) is 94.1 cm³/mol. The maximum absolute atomic E-state index is 12.9. The Morgan fingerprint density at radius 3 is 2.75 bits per heavy atom. The smallest absolute Gasteiger partial charge is 0.274 e. The third-order valence-corrected chi connectivity index (χ3v) is 6.44. The first-order valence-corrected chi connectivity index (χ1v) is 9.68. The van der Waals surface area contributed by atoms with E-state index in [1.54, 1.807) is 0 Å². The van der Waals surface area contributed by atoms with Crippen molar-refractivity contribution < 1.29 is 4.79 Å². The number of carbonyl (C=O) groups is 1. The molecule has 3 fully saturated rings. The molecule has 1 aliphatic carbocycles. The van der Waals surface area contributed by atoms with Crippen LogP contribution in [0.1, 0.15) is 73.5 Å². The molecular formula is C19H30N4O. The summed E-state index contributed by atoms with van der Waals surface area (Å²) in [6.07, 6.45) is 10.0. The molecule has 0 radical (unpaired) electrons. The Morgan fingerprint density at radius 1 is 1.17 bits per heavy atom. The fourth-order valence-corrected chi connectivity index (χ4v) is 5.10. The fourth-order valence-electron chi connectivity index (χ4n) is 5.10. The zero-order valence-corrected chi connectivity index (χ0v) is 14.9. The Morgan fingerprint density at radius 2 is 2.00 bits per heavy atom. The van der Waals surface area contributed by atoms with Crippen LogP contribution in [0, 0.1) is 5.41 Å². The Bertz CT molecular complexity index is 588. The van der Waals surface area contributed by atoms with Crippen LogP contribution in [0.2, 0.25) is 0 Å². The van der Waals surface area contributed by atoms with Crippen molar-refractivity contribution in [1.82, 2.24) is 20.0 Å². The molecule has 5 nitrogen and oxygen atoms in total. The fraction of sp³-hybridized carbons (Fsp3) is 0.789. The van der Waals surface area contributed by atoms with Crippen molar-refractivity contribution in [2.45, 2.75) is 57.3 Å². The first-order chi connectivity index (χ1) is 11.7. The van der Waals surface area contributed by atoms with Gasteiger partial charge in [0.05, 0.1) is 0 Å². The van der Waals surface area contributed by atoms with Gasteiger partial charge in [-0.15, -0.1) is 0 Å². The molecule has 5 heteroatoms. The van der Waals surface area contributed by atoms with Crippen LogP contribution < -0.4 is 0 Å².